The average Bonchev–Trinajstić information content (AvgIpc) is 2.17. The van der Waals surface area contributed by atoms with Crippen LogP contribution in [-0.2, 0) is 10.0 Å². The normalized spacial score (nSPS) is 11.7. The van der Waals surface area contributed by atoms with Crippen molar-refractivity contribution < 1.29 is 8.42 Å². The molecule has 3 N–H and O–H groups in total. The van der Waals surface area contributed by atoms with Gasteiger partial charge in [0.1, 0.15) is 0 Å². The molecule has 7 heteroatoms. The number of hydrogen-bond donors (Lipinski definition) is 2. The minimum Gasteiger partial charge on any atom is -0.330 e. The van der Waals surface area contributed by atoms with Crippen LogP contribution in [0.3, 0.4) is 0 Å². The van der Waals surface area contributed by atoms with Crippen LogP contribution >= 0.6 is 27.5 Å². The SMILES string of the molecule is NCCCNS(=O)(=O)c1ccc(Cl)cc1Br. The Morgan fingerprint density at radius 3 is 2.69 bits per heavy atom. The van der Waals surface area contributed by atoms with Gasteiger partial charge < -0.3 is 5.73 Å². The molecule has 0 aliphatic rings. The van der Waals surface area contributed by atoms with E-state index in [-0.39, 0.29) is 4.90 Å². The van der Waals surface area contributed by atoms with Crippen LogP contribution in [-0.4, -0.2) is 21.5 Å². The van der Waals surface area contributed by atoms with E-state index in [2.05, 4.69) is 20.7 Å². The van der Waals surface area contributed by atoms with Crippen molar-refractivity contribution in [1.82, 2.24) is 4.72 Å². The predicted octanol–water partition coefficient (Wildman–Crippen LogP) is 1.73. The van der Waals surface area contributed by atoms with Gasteiger partial charge in [0.25, 0.3) is 0 Å². The van der Waals surface area contributed by atoms with E-state index in [4.69, 9.17) is 17.3 Å². The minimum atomic E-state index is -3.49. The van der Waals surface area contributed by atoms with Gasteiger partial charge in [-0.1, -0.05) is 11.6 Å². The van der Waals surface area contributed by atoms with Crippen molar-refractivity contribution in [2.75, 3.05) is 13.1 Å². The van der Waals surface area contributed by atoms with Gasteiger partial charge in [-0.15, -0.1) is 0 Å². The molecular formula is C9H12BrClN2O2S. The third kappa shape index (κ3) is 3.71. The van der Waals surface area contributed by atoms with Gasteiger partial charge in [-0.05, 0) is 47.1 Å². The molecular weight excluding hydrogens is 316 g/mol. The molecule has 0 aromatic heterocycles. The van der Waals surface area contributed by atoms with Gasteiger partial charge in [0.2, 0.25) is 10.0 Å². The van der Waals surface area contributed by atoms with Gasteiger partial charge in [0, 0.05) is 16.0 Å². The van der Waals surface area contributed by atoms with Crippen molar-refractivity contribution in [3.63, 3.8) is 0 Å². The largest absolute Gasteiger partial charge is 0.330 e. The highest BCUT2D eigenvalue weighted by Crippen LogP contribution is 2.25. The molecule has 0 aliphatic heterocycles. The fraction of sp³-hybridized carbons (Fsp3) is 0.333. The maximum Gasteiger partial charge on any atom is 0.241 e. The highest BCUT2D eigenvalue weighted by molar-refractivity contribution is 9.10. The van der Waals surface area contributed by atoms with Crippen LogP contribution in [0.15, 0.2) is 27.6 Å². The lowest BCUT2D eigenvalue weighted by atomic mass is 10.4. The second kappa shape index (κ2) is 5.97. The number of hydrogen-bond acceptors (Lipinski definition) is 3. The maximum absolute atomic E-state index is 11.8. The zero-order valence-electron chi connectivity index (χ0n) is 8.41. The fourth-order valence-electron chi connectivity index (χ4n) is 1.08. The van der Waals surface area contributed by atoms with Crippen LogP contribution in [0.2, 0.25) is 5.02 Å². The average molecular weight is 328 g/mol. The second-order valence-corrected chi connectivity index (χ2v) is 6.14. The van der Waals surface area contributed by atoms with Gasteiger partial charge >= 0.3 is 0 Å². The van der Waals surface area contributed by atoms with Gasteiger partial charge in [-0.2, -0.15) is 0 Å². The molecule has 0 saturated carbocycles. The van der Waals surface area contributed by atoms with Crippen LogP contribution < -0.4 is 10.5 Å². The molecule has 16 heavy (non-hydrogen) atoms. The fourth-order valence-corrected chi connectivity index (χ4v) is 3.53. The molecule has 0 amide bonds. The van der Waals surface area contributed by atoms with E-state index in [1.54, 1.807) is 6.07 Å². The summed E-state index contributed by atoms with van der Waals surface area (Å²) < 4.78 is 26.5. The van der Waals surface area contributed by atoms with Gasteiger partial charge in [0.05, 0.1) is 4.90 Å². The smallest absolute Gasteiger partial charge is 0.241 e. The first kappa shape index (κ1) is 13.9. The highest BCUT2D eigenvalue weighted by atomic mass is 79.9. The summed E-state index contributed by atoms with van der Waals surface area (Å²) >= 11 is 8.90. The maximum atomic E-state index is 11.8. The standard InChI is InChI=1S/C9H12BrClN2O2S/c10-8-6-7(11)2-3-9(8)16(14,15)13-5-1-4-12/h2-3,6,13H,1,4-5,12H2. The molecule has 0 unspecified atom stereocenters. The summed E-state index contributed by atoms with van der Waals surface area (Å²) in [6.45, 7) is 0.776. The third-order valence-corrected chi connectivity index (χ3v) is 4.53. The lowest BCUT2D eigenvalue weighted by molar-refractivity contribution is 0.579. The molecule has 0 atom stereocenters. The summed E-state index contributed by atoms with van der Waals surface area (Å²) in [7, 11) is -3.49. The lowest BCUT2D eigenvalue weighted by Crippen LogP contribution is -2.26. The van der Waals surface area contributed by atoms with Crippen molar-refractivity contribution in [2.45, 2.75) is 11.3 Å². The molecule has 90 valence electrons. The monoisotopic (exact) mass is 326 g/mol. The first-order valence-corrected chi connectivity index (χ1v) is 7.27. The van der Waals surface area contributed by atoms with E-state index in [1.807, 2.05) is 0 Å². The van der Waals surface area contributed by atoms with Gasteiger partial charge in [0.15, 0.2) is 0 Å². The van der Waals surface area contributed by atoms with E-state index < -0.39 is 10.0 Å². The molecule has 1 rings (SSSR count). The Bertz CT molecular complexity index is 465. The third-order valence-electron chi connectivity index (χ3n) is 1.86. The molecule has 0 bridgehead atoms. The zero-order valence-corrected chi connectivity index (χ0v) is 11.6. The number of nitrogens with two attached hydrogens (primary N) is 1. The summed E-state index contributed by atoms with van der Waals surface area (Å²) in [5.41, 5.74) is 5.28. The Kier molecular flexibility index (Phi) is 5.20. The Morgan fingerprint density at radius 1 is 1.44 bits per heavy atom. The van der Waals surface area contributed by atoms with Gasteiger partial charge in [-0.25, -0.2) is 13.1 Å². The summed E-state index contributed by atoms with van der Waals surface area (Å²) in [5, 5.41) is 0.479. The molecule has 1 aromatic rings. The van der Waals surface area contributed by atoms with E-state index in [1.165, 1.54) is 12.1 Å². The Hall–Kier alpha value is -0.140. The van der Waals surface area contributed by atoms with E-state index in [0.717, 1.165) is 0 Å². The predicted molar refractivity (Wildman–Crippen MR) is 68.0 cm³/mol. The first-order chi connectivity index (χ1) is 7.47. The van der Waals surface area contributed by atoms with Crippen LogP contribution in [0.5, 0.6) is 0 Å². The van der Waals surface area contributed by atoms with E-state index in [0.29, 0.717) is 29.0 Å². The number of sulfonamides is 1. The number of rotatable bonds is 5. The van der Waals surface area contributed by atoms with E-state index in [9.17, 15) is 8.42 Å². The number of benzene rings is 1. The van der Waals surface area contributed by atoms with Crippen molar-refractivity contribution in [2.24, 2.45) is 5.73 Å². The summed E-state index contributed by atoms with van der Waals surface area (Å²) in [5.74, 6) is 0. The molecule has 0 radical (unpaired) electrons. The van der Waals surface area contributed by atoms with Crippen LogP contribution in [0.1, 0.15) is 6.42 Å². The van der Waals surface area contributed by atoms with Crippen molar-refractivity contribution in [3.8, 4) is 0 Å². The summed E-state index contributed by atoms with van der Waals surface area (Å²) in [6, 6.07) is 4.53. The number of halogens is 2. The molecule has 0 saturated heterocycles. The topological polar surface area (TPSA) is 72.2 Å². The first-order valence-electron chi connectivity index (χ1n) is 4.62. The van der Waals surface area contributed by atoms with Crippen LogP contribution in [0, 0.1) is 0 Å². The lowest BCUT2D eigenvalue weighted by Gasteiger charge is -2.08. The van der Waals surface area contributed by atoms with Crippen molar-refractivity contribution in [1.29, 1.82) is 0 Å². The van der Waals surface area contributed by atoms with Crippen LogP contribution in [0.25, 0.3) is 0 Å². The molecule has 0 aliphatic carbocycles. The van der Waals surface area contributed by atoms with Crippen molar-refractivity contribution >= 4 is 37.6 Å². The second-order valence-electron chi connectivity index (χ2n) is 3.11. The summed E-state index contributed by atoms with van der Waals surface area (Å²) in [4.78, 5) is 0.175. The Labute approximate surface area is 108 Å². The molecule has 1 aromatic carbocycles. The summed E-state index contributed by atoms with van der Waals surface area (Å²) in [6.07, 6.45) is 0.602. The van der Waals surface area contributed by atoms with Gasteiger partial charge in [-0.3, -0.25) is 0 Å². The molecule has 0 heterocycles. The Balaban J connectivity index is 2.90. The Morgan fingerprint density at radius 2 is 2.12 bits per heavy atom. The van der Waals surface area contributed by atoms with Crippen LogP contribution in [0.4, 0.5) is 0 Å². The highest BCUT2D eigenvalue weighted by Gasteiger charge is 2.16. The quantitative estimate of drug-likeness (QED) is 0.809. The van der Waals surface area contributed by atoms with E-state index >= 15 is 0 Å². The minimum absolute atomic E-state index is 0.175. The molecule has 0 spiro atoms. The number of nitrogens with one attached hydrogen (secondary N) is 1. The molecule has 0 fully saturated rings. The van der Waals surface area contributed by atoms with Crippen molar-refractivity contribution in [3.05, 3.63) is 27.7 Å². The zero-order chi connectivity index (χ0) is 12.2. The molecule has 4 nitrogen and oxygen atoms in total.